The Morgan fingerprint density at radius 2 is 2.50 bits per heavy atom. The maximum atomic E-state index is 7.54. The number of anilines is 1. The predicted octanol–water partition coefficient (Wildman–Crippen LogP) is 0.591. The van der Waals surface area contributed by atoms with E-state index in [0.29, 0.717) is 6.61 Å². The molecule has 1 aliphatic rings. The number of morpholine rings is 1. The van der Waals surface area contributed by atoms with Crippen molar-refractivity contribution in [2.24, 2.45) is 5.73 Å². The van der Waals surface area contributed by atoms with Gasteiger partial charge < -0.3 is 15.4 Å². The topological polar surface area (TPSA) is 75.2 Å². The number of nitrogen functional groups attached to an aromatic ring is 1. The summed E-state index contributed by atoms with van der Waals surface area (Å²) >= 11 is 0. The largest absolute Gasteiger partial charge is 0.384 e. The molecule has 0 spiro atoms. The van der Waals surface area contributed by atoms with Gasteiger partial charge in [0.15, 0.2) is 0 Å². The molecule has 0 bridgehead atoms. The van der Waals surface area contributed by atoms with Crippen LogP contribution in [-0.2, 0) is 4.74 Å². The van der Waals surface area contributed by atoms with Gasteiger partial charge in [0.1, 0.15) is 5.84 Å². The quantitative estimate of drug-likeness (QED) is 0.565. The Bertz CT molecular complexity index is 393. The van der Waals surface area contributed by atoms with Crippen LogP contribution in [-0.4, -0.2) is 36.6 Å². The first-order valence-electron chi connectivity index (χ1n) is 5.33. The van der Waals surface area contributed by atoms with E-state index in [1.165, 1.54) is 0 Å². The van der Waals surface area contributed by atoms with Crippen LogP contribution in [0.3, 0.4) is 0 Å². The number of amidine groups is 1. The van der Waals surface area contributed by atoms with E-state index in [1.807, 2.05) is 6.92 Å². The maximum absolute atomic E-state index is 7.54. The maximum Gasteiger partial charge on any atom is 0.125 e. The highest BCUT2D eigenvalue weighted by Crippen LogP contribution is 2.21. The third kappa shape index (κ3) is 2.14. The number of aromatic nitrogens is 1. The molecule has 1 aromatic rings. The summed E-state index contributed by atoms with van der Waals surface area (Å²) in [4.78, 5) is 6.26. The number of ether oxygens (including phenoxy) is 1. The lowest BCUT2D eigenvalue weighted by atomic mass is 10.1. The highest BCUT2D eigenvalue weighted by Gasteiger charge is 2.19. The first-order chi connectivity index (χ1) is 7.68. The van der Waals surface area contributed by atoms with E-state index >= 15 is 0 Å². The smallest absolute Gasteiger partial charge is 0.125 e. The summed E-state index contributed by atoms with van der Waals surface area (Å²) in [6, 6.07) is 1.78. The van der Waals surface area contributed by atoms with Crippen molar-refractivity contribution < 1.29 is 4.74 Å². The number of nitrogens with zero attached hydrogens (tertiary/aromatic N) is 2. The Morgan fingerprint density at radius 3 is 3.19 bits per heavy atom. The fourth-order valence-electron chi connectivity index (χ4n) is 1.90. The molecule has 1 aromatic heterocycles. The minimum atomic E-state index is 0.0801. The summed E-state index contributed by atoms with van der Waals surface area (Å²) in [6.07, 6.45) is 3.62. The number of pyridine rings is 1. The molecule has 0 saturated carbocycles. The standard InChI is InChI=1S/C11H16N4O/c1-8-7-15(4-5-16-8)10-6-14-3-2-9(10)11(12)13/h2-3,6,8H,4-5,7H2,1H3,(H3,12,13). The first kappa shape index (κ1) is 10.9. The Labute approximate surface area is 94.7 Å². The van der Waals surface area contributed by atoms with Crippen LogP contribution in [0, 0.1) is 5.41 Å². The van der Waals surface area contributed by atoms with E-state index in [-0.39, 0.29) is 11.9 Å². The molecule has 0 aliphatic carbocycles. The molecule has 86 valence electrons. The Kier molecular flexibility index (Phi) is 3.05. The van der Waals surface area contributed by atoms with Crippen LogP contribution in [0.4, 0.5) is 5.69 Å². The zero-order valence-electron chi connectivity index (χ0n) is 9.31. The zero-order valence-corrected chi connectivity index (χ0v) is 9.31. The molecule has 0 radical (unpaired) electrons. The van der Waals surface area contributed by atoms with Crippen molar-refractivity contribution in [3.63, 3.8) is 0 Å². The highest BCUT2D eigenvalue weighted by molar-refractivity contribution is 6.00. The number of hydrogen-bond donors (Lipinski definition) is 2. The molecule has 2 rings (SSSR count). The molecule has 0 aromatic carbocycles. The van der Waals surface area contributed by atoms with Crippen LogP contribution >= 0.6 is 0 Å². The average Bonchev–Trinajstić information content (AvgIpc) is 2.29. The van der Waals surface area contributed by atoms with Crippen molar-refractivity contribution >= 4 is 11.5 Å². The lowest BCUT2D eigenvalue weighted by Crippen LogP contribution is -2.42. The molecule has 1 atom stereocenters. The number of nitrogens with one attached hydrogen (secondary N) is 1. The van der Waals surface area contributed by atoms with Crippen molar-refractivity contribution in [3.8, 4) is 0 Å². The molecule has 3 N–H and O–H groups in total. The van der Waals surface area contributed by atoms with E-state index in [4.69, 9.17) is 15.9 Å². The van der Waals surface area contributed by atoms with Crippen LogP contribution in [0.5, 0.6) is 0 Å². The Balaban J connectivity index is 2.28. The molecule has 1 saturated heterocycles. The van der Waals surface area contributed by atoms with Crippen LogP contribution < -0.4 is 10.6 Å². The third-order valence-corrected chi connectivity index (χ3v) is 2.67. The second kappa shape index (κ2) is 4.49. The van der Waals surface area contributed by atoms with Crippen molar-refractivity contribution in [2.75, 3.05) is 24.6 Å². The van der Waals surface area contributed by atoms with E-state index in [9.17, 15) is 0 Å². The van der Waals surface area contributed by atoms with E-state index < -0.39 is 0 Å². The van der Waals surface area contributed by atoms with Gasteiger partial charge in [0, 0.05) is 24.8 Å². The van der Waals surface area contributed by atoms with Crippen LogP contribution in [0.1, 0.15) is 12.5 Å². The normalized spacial score (nSPS) is 20.8. The monoisotopic (exact) mass is 220 g/mol. The summed E-state index contributed by atoms with van der Waals surface area (Å²) < 4.78 is 5.48. The molecule has 5 nitrogen and oxygen atoms in total. The van der Waals surface area contributed by atoms with Gasteiger partial charge in [-0.3, -0.25) is 10.4 Å². The van der Waals surface area contributed by atoms with Crippen LogP contribution in [0.25, 0.3) is 0 Å². The minimum absolute atomic E-state index is 0.0801. The van der Waals surface area contributed by atoms with Crippen molar-refractivity contribution in [1.29, 1.82) is 5.41 Å². The lowest BCUT2D eigenvalue weighted by Gasteiger charge is -2.33. The molecular formula is C11H16N4O. The molecule has 16 heavy (non-hydrogen) atoms. The molecule has 0 amide bonds. The first-order valence-corrected chi connectivity index (χ1v) is 5.33. The number of nitrogens with two attached hydrogens (primary N) is 1. The summed E-state index contributed by atoms with van der Waals surface area (Å²) in [5, 5.41) is 7.54. The third-order valence-electron chi connectivity index (χ3n) is 2.67. The summed E-state index contributed by atoms with van der Waals surface area (Å²) in [7, 11) is 0. The highest BCUT2D eigenvalue weighted by atomic mass is 16.5. The lowest BCUT2D eigenvalue weighted by molar-refractivity contribution is 0.0532. The second-order valence-electron chi connectivity index (χ2n) is 3.93. The SMILES string of the molecule is CC1CN(c2cnccc2C(=N)N)CCO1. The van der Waals surface area contributed by atoms with Crippen molar-refractivity contribution in [1.82, 2.24) is 4.98 Å². The van der Waals surface area contributed by atoms with Gasteiger partial charge in [-0.1, -0.05) is 0 Å². The fourth-order valence-corrected chi connectivity index (χ4v) is 1.90. The van der Waals surface area contributed by atoms with Gasteiger partial charge in [-0.25, -0.2) is 0 Å². The molecule has 1 unspecified atom stereocenters. The summed E-state index contributed by atoms with van der Waals surface area (Å²) in [5.41, 5.74) is 7.21. The van der Waals surface area contributed by atoms with Gasteiger partial charge in [0.25, 0.3) is 0 Å². The van der Waals surface area contributed by atoms with Gasteiger partial charge in [-0.2, -0.15) is 0 Å². The van der Waals surface area contributed by atoms with E-state index in [2.05, 4.69) is 9.88 Å². The van der Waals surface area contributed by atoms with Gasteiger partial charge in [-0.05, 0) is 13.0 Å². The van der Waals surface area contributed by atoms with Gasteiger partial charge in [-0.15, -0.1) is 0 Å². The van der Waals surface area contributed by atoms with Gasteiger partial charge >= 0.3 is 0 Å². The number of rotatable bonds is 2. The second-order valence-corrected chi connectivity index (χ2v) is 3.93. The number of hydrogen-bond acceptors (Lipinski definition) is 4. The molecule has 1 aliphatic heterocycles. The van der Waals surface area contributed by atoms with Gasteiger partial charge in [0.05, 0.1) is 24.6 Å². The van der Waals surface area contributed by atoms with E-state index in [0.717, 1.165) is 24.3 Å². The van der Waals surface area contributed by atoms with Gasteiger partial charge in [0.2, 0.25) is 0 Å². The molecule has 1 fully saturated rings. The predicted molar refractivity (Wildman–Crippen MR) is 62.9 cm³/mol. The Hall–Kier alpha value is -1.62. The summed E-state index contributed by atoms with van der Waals surface area (Å²) in [5.74, 6) is 0.0801. The fraction of sp³-hybridized carbons (Fsp3) is 0.455. The van der Waals surface area contributed by atoms with Crippen molar-refractivity contribution in [3.05, 3.63) is 24.0 Å². The Morgan fingerprint density at radius 1 is 1.69 bits per heavy atom. The minimum Gasteiger partial charge on any atom is -0.384 e. The van der Waals surface area contributed by atoms with Crippen LogP contribution in [0.15, 0.2) is 18.5 Å². The van der Waals surface area contributed by atoms with E-state index in [1.54, 1.807) is 18.5 Å². The molecular weight excluding hydrogens is 204 g/mol. The van der Waals surface area contributed by atoms with Crippen LogP contribution in [0.2, 0.25) is 0 Å². The van der Waals surface area contributed by atoms with Crippen molar-refractivity contribution in [2.45, 2.75) is 13.0 Å². The average molecular weight is 220 g/mol. The molecule has 2 heterocycles. The zero-order chi connectivity index (χ0) is 11.5. The molecule has 5 heteroatoms. The summed E-state index contributed by atoms with van der Waals surface area (Å²) in [6.45, 7) is 4.37.